The summed E-state index contributed by atoms with van der Waals surface area (Å²) in [5.41, 5.74) is 0.203. The van der Waals surface area contributed by atoms with Crippen molar-refractivity contribution in [3.05, 3.63) is 82.3 Å². The first kappa shape index (κ1) is 23.4. The van der Waals surface area contributed by atoms with Crippen molar-refractivity contribution in [2.45, 2.75) is 10.9 Å². The van der Waals surface area contributed by atoms with Gasteiger partial charge in [-0.2, -0.15) is 0 Å². The van der Waals surface area contributed by atoms with Crippen molar-refractivity contribution in [2.24, 2.45) is 0 Å². The molecule has 0 aliphatic carbocycles. The van der Waals surface area contributed by atoms with Gasteiger partial charge in [0.1, 0.15) is 5.82 Å². The second-order valence-corrected chi connectivity index (χ2v) is 10.2. The van der Waals surface area contributed by atoms with Crippen molar-refractivity contribution in [3.63, 3.8) is 0 Å². The highest BCUT2D eigenvalue weighted by Gasteiger charge is 2.24. The number of halogens is 1. The number of nitrogens with zero attached hydrogens (tertiary/aromatic N) is 1. The Bertz CT molecular complexity index is 1180. The molecule has 1 atom stereocenters. The van der Waals surface area contributed by atoms with Gasteiger partial charge in [-0.25, -0.2) is 12.8 Å². The summed E-state index contributed by atoms with van der Waals surface area (Å²) >= 11 is 1.64. The first-order valence-electron chi connectivity index (χ1n) is 10.4. The van der Waals surface area contributed by atoms with Crippen LogP contribution in [-0.2, 0) is 14.8 Å². The summed E-state index contributed by atoms with van der Waals surface area (Å²) in [6, 6.07) is 15.2. The number of hydrogen-bond donors (Lipinski definition) is 2. The van der Waals surface area contributed by atoms with Gasteiger partial charge in [0.05, 0.1) is 29.8 Å². The van der Waals surface area contributed by atoms with Gasteiger partial charge in [-0.3, -0.25) is 14.4 Å². The van der Waals surface area contributed by atoms with E-state index in [0.29, 0.717) is 25.3 Å². The van der Waals surface area contributed by atoms with Gasteiger partial charge in [0.25, 0.3) is 15.9 Å². The summed E-state index contributed by atoms with van der Waals surface area (Å²) in [5, 5.41) is 4.97. The van der Waals surface area contributed by atoms with E-state index >= 15 is 0 Å². The van der Waals surface area contributed by atoms with Gasteiger partial charge >= 0.3 is 0 Å². The average Bonchev–Trinajstić information content (AvgIpc) is 3.36. The zero-order chi connectivity index (χ0) is 23.3. The van der Waals surface area contributed by atoms with Crippen LogP contribution < -0.4 is 10.0 Å². The summed E-state index contributed by atoms with van der Waals surface area (Å²) < 4.78 is 46.6. The van der Waals surface area contributed by atoms with Gasteiger partial charge in [0, 0.05) is 30.1 Å². The van der Waals surface area contributed by atoms with Gasteiger partial charge in [-0.1, -0.05) is 18.2 Å². The highest BCUT2D eigenvalue weighted by Crippen LogP contribution is 2.25. The van der Waals surface area contributed by atoms with Gasteiger partial charge < -0.3 is 10.1 Å². The third-order valence-corrected chi connectivity index (χ3v) is 7.71. The molecule has 4 rings (SSSR count). The molecule has 1 aliphatic heterocycles. The number of amides is 1. The number of ether oxygens (including phenoxy) is 1. The lowest BCUT2D eigenvalue weighted by Gasteiger charge is -2.34. The number of rotatable bonds is 8. The molecular formula is C23H24FN3O4S2. The number of nitrogens with one attached hydrogen (secondary N) is 2. The quantitative estimate of drug-likeness (QED) is 0.506. The average molecular weight is 490 g/mol. The molecule has 2 aromatic carbocycles. The van der Waals surface area contributed by atoms with Crippen LogP contribution in [0.4, 0.5) is 10.1 Å². The van der Waals surface area contributed by atoms with Crippen LogP contribution in [0.15, 0.2) is 70.9 Å². The maximum atomic E-state index is 13.8. The largest absolute Gasteiger partial charge is 0.379 e. The molecule has 174 valence electrons. The smallest absolute Gasteiger partial charge is 0.261 e. The van der Waals surface area contributed by atoms with E-state index in [4.69, 9.17) is 4.74 Å². The number of benzene rings is 2. The van der Waals surface area contributed by atoms with Crippen molar-refractivity contribution in [2.75, 3.05) is 37.6 Å². The molecule has 1 unspecified atom stereocenters. The van der Waals surface area contributed by atoms with Crippen molar-refractivity contribution < 1.29 is 22.3 Å². The van der Waals surface area contributed by atoms with E-state index in [9.17, 15) is 17.6 Å². The SMILES string of the molecule is O=C(NCC(c1cccs1)N1CCOCC1)c1ccc(S(=O)(=O)Nc2ccccc2F)cc1. The number of sulfonamides is 1. The molecule has 1 aliphatic rings. The normalized spacial score (nSPS) is 15.7. The second kappa shape index (κ2) is 10.4. The highest BCUT2D eigenvalue weighted by atomic mass is 32.2. The Balaban J connectivity index is 1.42. The maximum Gasteiger partial charge on any atom is 0.261 e. The van der Waals surface area contributed by atoms with E-state index in [2.05, 4.69) is 21.0 Å². The van der Waals surface area contributed by atoms with Crippen LogP contribution in [0.3, 0.4) is 0 Å². The summed E-state index contributed by atoms with van der Waals surface area (Å²) in [4.78, 5) is 16.1. The highest BCUT2D eigenvalue weighted by molar-refractivity contribution is 7.92. The Morgan fingerprint density at radius 1 is 1.06 bits per heavy atom. The van der Waals surface area contributed by atoms with Gasteiger partial charge in [-0.15, -0.1) is 11.3 Å². The Morgan fingerprint density at radius 2 is 1.79 bits per heavy atom. The number of anilines is 1. The minimum atomic E-state index is -3.99. The van der Waals surface area contributed by atoms with Crippen LogP contribution in [0, 0.1) is 5.82 Å². The number of thiophene rings is 1. The number of carbonyl (C=O) groups excluding carboxylic acids is 1. The topological polar surface area (TPSA) is 87.7 Å². The van der Waals surface area contributed by atoms with Crippen LogP contribution >= 0.6 is 11.3 Å². The molecule has 10 heteroatoms. The lowest BCUT2D eigenvalue weighted by Crippen LogP contribution is -2.43. The molecule has 3 aromatic rings. The second-order valence-electron chi connectivity index (χ2n) is 7.50. The van der Waals surface area contributed by atoms with Crippen LogP contribution in [0.2, 0.25) is 0 Å². The van der Waals surface area contributed by atoms with E-state index < -0.39 is 15.8 Å². The molecule has 2 N–H and O–H groups in total. The molecule has 1 saturated heterocycles. The van der Waals surface area contributed by atoms with E-state index in [1.165, 1.54) is 48.5 Å². The summed E-state index contributed by atoms with van der Waals surface area (Å²) in [6.07, 6.45) is 0. The third-order valence-electron chi connectivity index (χ3n) is 5.36. The first-order valence-corrected chi connectivity index (χ1v) is 12.8. The Labute approximate surface area is 196 Å². The Morgan fingerprint density at radius 3 is 2.45 bits per heavy atom. The van der Waals surface area contributed by atoms with Crippen molar-refractivity contribution in [1.29, 1.82) is 0 Å². The molecule has 7 nitrogen and oxygen atoms in total. The summed E-state index contributed by atoms with van der Waals surface area (Å²) in [6.45, 7) is 3.33. The van der Waals surface area contributed by atoms with Gasteiger partial charge in [0.2, 0.25) is 0 Å². The Kier molecular flexibility index (Phi) is 7.39. The van der Waals surface area contributed by atoms with Crippen LogP contribution in [0.1, 0.15) is 21.3 Å². The van der Waals surface area contributed by atoms with E-state index in [0.717, 1.165) is 18.0 Å². The van der Waals surface area contributed by atoms with Crippen molar-refractivity contribution >= 4 is 33.0 Å². The Hall–Kier alpha value is -2.79. The van der Waals surface area contributed by atoms with E-state index in [1.54, 1.807) is 11.3 Å². The molecule has 1 aromatic heterocycles. The number of carbonyl (C=O) groups is 1. The maximum absolute atomic E-state index is 13.8. The third kappa shape index (κ3) is 5.77. The standard InChI is InChI=1S/C23H24FN3O4S2/c24-19-4-1-2-5-20(19)26-33(29,30)18-9-7-17(8-10-18)23(28)25-16-21(22-6-3-15-32-22)27-11-13-31-14-12-27/h1-10,15,21,26H,11-14,16H2,(H,25,28). The molecule has 33 heavy (non-hydrogen) atoms. The summed E-state index contributed by atoms with van der Waals surface area (Å²) in [5.74, 6) is -0.964. The molecule has 2 heterocycles. The fraction of sp³-hybridized carbons (Fsp3) is 0.261. The van der Waals surface area contributed by atoms with E-state index in [-0.39, 0.29) is 22.5 Å². The van der Waals surface area contributed by atoms with Gasteiger partial charge in [0.15, 0.2) is 0 Å². The molecule has 1 fully saturated rings. The van der Waals surface area contributed by atoms with Crippen LogP contribution in [0.5, 0.6) is 0 Å². The number of para-hydroxylation sites is 1. The van der Waals surface area contributed by atoms with Crippen LogP contribution in [-0.4, -0.2) is 52.1 Å². The number of morpholine rings is 1. The minimum absolute atomic E-state index is 0.0440. The molecule has 0 spiro atoms. The monoisotopic (exact) mass is 489 g/mol. The zero-order valence-corrected chi connectivity index (χ0v) is 19.4. The molecule has 0 bridgehead atoms. The predicted octanol–water partition coefficient (Wildman–Crippen LogP) is 3.49. The molecular weight excluding hydrogens is 465 g/mol. The lowest BCUT2D eigenvalue weighted by atomic mass is 10.1. The molecule has 1 amide bonds. The number of hydrogen-bond acceptors (Lipinski definition) is 6. The fourth-order valence-corrected chi connectivity index (χ4v) is 5.53. The lowest BCUT2D eigenvalue weighted by molar-refractivity contribution is 0.0169. The van der Waals surface area contributed by atoms with E-state index in [1.807, 2.05) is 11.4 Å². The van der Waals surface area contributed by atoms with Crippen LogP contribution in [0.25, 0.3) is 0 Å². The molecule has 0 radical (unpaired) electrons. The van der Waals surface area contributed by atoms with Crippen molar-refractivity contribution in [3.8, 4) is 0 Å². The zero-order valence-electron chi connectivity index (χ0n) is 17.7. The molecule has 0 saturated carbocycles. The fourth-order valence-electron chi connectivity index (χ4n) is 3.60. The predicted molar refractivity (Wildman–Crippen MR) is 125 cm³/mol. The summed E-state index contributed by atoms with van der Waals surface area (Å²) in [7, 11) is -3.99. The van der Waals surface area contributed by atoms with Crippen molar-refractivity contribution in [1.82, 2.24) is 10.2 Å². The minimum Gasteiger partial charge on any atom is -0.379 e. The first-order chi connectivity index (χ1) is 15.9. The van der Waals surface area contributed by atoms with Gasteiger partial charge in [-0.05, 0) is 47.8 Å².